The maximum Gasteiger partial charge on any atom is 0.255 e. The van der Waals surface area contributed by atoms with Gasteiger partial charge < -0.3 is 4.90 Å². The fourth-order valence-electron chi connectivity index (χ4n) is 2.38. The molecule has 1 amide bonds. The fraction of sp³-hybridized carbons (Fsp3) is 0.333. The molecule has 116 valence electrons. The van der Waals surface area contributed by atoms with E-state index in [2.05, 4.69) is 18.8 Å². The number of hydrogen-bond donors (Lipinski definition) is 0. The summed E-state index contributed by atoms with van der Waals surface area (Å²) in [4.78, 5) is 18.6. The van der Waals surface area contributed by atoms with Gasteiger partial charge in [-0.3, -0.25) is 9.78 Å². The van der Waals surface area contributed by atoms with Crippen molar-refractivity contribution in [3.8, 4) is 11.3 Å². The molecular weight excluding hydrogens is 279 g/mol. The van der Waals surface area contributed by atoms with Gasteiger partial charge in [-0.1, -0.05) is 26.0 Å². The number of aromatic nitrogens is 1. The van der Waals surface area contributed by atoms with Gasteiger partial charge in [-0.05, 0) is 37.1 Å². The van der Waals surface area contributed by atoms with Crippen molar-refractivity contribution in [1.29, 1.82) is 0 Å². The van der Waals surface area contributed by atoms with E-state index in [1.54, 1.807) is 30.5 Å². The van der Waals surface area contributed by atoms with E-state index in [1.165, 1.54) is 12.1 Å². The molecule has 0 saturated heterocycles. The zero-order valence-corrected chi connectivity index (χ0v) is 13.1. The predicted octanol–water partition coefficient (Wildman–Crippen LogP) is 4.15. The van der Waals surface area contributed by atoms with Crippen molar-refractivity contribution in [3.63, 3.8) is 0 Å². The first-order valence-corrected chi connectivity index (χ1v) is 7.67. The summed E-state index contributed by atoms with van der Waals surface area (Å²) in [5, 5.41) is 0. The number of halogens is 1. The van der Waals surface area contributed by atoms with Crippen molar-refractivity contribution in [2.24, 2.45) is 0 Å². The van der Waals surface area contributed by atoms with E-state index in [0.29, 0.717) is 16.8 Å². The van der Waals surface area contributed by atoms with Crippen LogP contribution in [-0.2, 0) is 0 Å². The zero-order valence-electron chi connectivity index (χ0n) is 13.1. The third-order valence-corrected chi connectivity index (χ3v) is 3.41. The van der Waals surface area contributed by atoms with E-state index in [1.807, 2.05) is 4.90 Å². The predicted molar refractivity (Wildman–Crippen MR) is 86.1 cm³/mol. The van der Waals surface area contributed by atoms with Gasteiger partial charge in [-0.25, -0.2) is 4.39 Å². The Balaban J connectivity index is 2.19. The molecule has 2 rings (SSSR count). The molecule has 1 aromatic heterocycles. The molecule has 1 heterocycles. The maximum atomic E-state index is 13.2. The number of carbonyl (C=O) groups is 1. The lowest BCUT2D eigenvalue weighted by Crippen LogP contribution is -2.32. The zero-order chi connectivity index (χ0) is 15.9. The van der Waals surface area contributed by atoms with Crippen LogP contribution in [0.3, 0.4) is 0 Å². The minimum Gasteiger partial charge on any atom is -0.339 e. The molecule has 4 heteroatoms. The second-order valence-electron chi connectivity index (χ2n) is 5.23. The lowest BCUT2D eigenvalue weighted by molar-refractivity contribution is 0.0755. The van der Waals surface area contributed by atoms with Crippen LogP contribution >= 0.6 is 0 Å². The first kappa shape index (κ1) is 16.1. The Morgan fingerprint density at radius 3 is 2.41 bits per heavy atom. The number of rotatable bonds is 6. The van der Waals surface area contributed by atoms with Crippen molar-refractivity contribution in [2.45, 2.75) is 26.7 Å². The normalized spacial score (nSPS) is 10.5. The highest BCUT2D eigenvalue weighted by Gasteiger charge is 2.14. The van der Waals surface area contributed by atoms with Gasteiger partial charge in [0.25, 0.3) is 5.91 Å². The van der Waals surface area contributed by atoms with Gasteiger partial charge in [0.1, 0.15) is 5.82 Å². The topological polar surface area (TPSA) is 33.2 Å². The highest BCUT2D eigenvalue weighted by Crippen LogP contribution is 2.18. The monoisotopic (exact) mass is 300 g/mol. The van der Waals surface area contributed by atoms with Gasteiger partial charge in [0.05, 0.1) is 11.3 Å². The first-order chi connectivity index (χ1) is 10.7. The van der Waals surface area contributed by atoms with Crippen LogP contribution in [0.25, 0.3) is 11.3 Å². The third-order valence-electron chi connectivity index (χ3n) is 3.41. The number of hydrogen-bond acceptors (Lipinski definition) is 2. The molecule has 0 atom stereocenters. The summed E-state index contributed by atoms with van der Waals surface area (Å²) in [6.45, 7) is 5.61. The largest absolute Gasteiger partial charge is 0.339 e. The van der Waals surface area contributed by atoms with Crippen LogP contribution in [0.5, 0.6) is 0 Å². The number of benzene rings is 1. The molecular formula is C18H21FN2O. The van der Waals surface area contributed by atoms with Crippen LogP contribution < -0.4 is 0 Å². The lowest BCUT2D eigenvalue weighted by atomic mass is 10.1. The number of carbonyl (C=O) groups excluding carboxylic acids is 1. The number of pyridine rings is 1. The van der Waals surface area contributed by atoms with E-state index >= 15 is 0 Å². The number of nitrogens with zero attached hydrogens (tertiary/aromatic N) is 2. The van der Waals surface area contributed by atoms with E-state index in [-0.39, 0.29) is 11.7 Å². The quantitative estimate of drug-likeness (QED) is 0.803. The minimum absolute atomic E-state index is 0.00184. The van der Waals surface area contributed by atoms with Crippen molar-refractivity contribution in [2.75, 3.05) is 13.1 Å². The van der Waals surface area contributed by atoms with Gasteiger partial charge in [0.15, 0.2) is 0 Å². The van der Waals surface area contributed by atoms with Gasteiger partial charge >= 0.3 is 0 Å². The van der Waals surface area contributed by atoms with Crippen molar-refractivity contribution in [3.05, 3.63) is 54.0 Å². The highest BCUT2D eigenvalue weighted by molar-refractivity contribution is 5.94. The molecule has 3 nitrogen and oxygen atoms in total. The Bertz CT molecular complexity index is 619. The molecule has 0 saturated carbocycles. The standard InChI is InChI=1S/C18H21FN2O/c1-3-10-21(11-4-2)18(22)15-8-9-17(20-13-15)14-6-5-7-16(19)12-14/h5-9,12-13H,3-4,10-11H2,1-2H3. The second-order valence-corrected chi connectivity index (χ2v) is 5.23. The van der Waals surface area contributed by atoms with Crippen molar-refractivity contribution >= 4 is 5.91 Å². The molecule has 0 unspecified atom stereocenters. The average Bonchev–Trinajstić information content (AvgIpc) is 2.54. The van der Waals surface area contributed by atoms with Crippen LogP contribution in [0, 0.1) is 5.82 Å². The van der Waals surface area contributed by atoms with Crippen molar-refractivity contribution in [1.82, 2.24) is 9.88 Å². The molecule has 0 spiro atoms. The first-order valence-electron chi connectivity index (χ1n) is 7.67. The maximum absolute atomic E-state index is 13.2. The average molecular weight is 300 g/mol. The van der Waals surface area contributed by atoms with Crippen molar-refractivity contribution < 1.29 is 9.18 Å². The SMILES string of the molecule is CCCN(CCC)C(=O)c1ccc(-c2cccc(F)c2)nc1. The summed E-state index contributed by atoms with van der Waals surface area (Å²) in [5.74, 6) is -0.293. The minimum atomic E-state index is -0.295. The van der Waals surface area contributed by atoms with E-state index in [0.717, 1.165) is 25.9 Å². The van der Waals surface area contributed by atoms with E-state index in [9.17, 15) is 9.18 Å². The summed E-state index contributed by atoms with van der Waals surface area (Å²) >= 11 is 0. The fourth-order valence-corrected chi connectivity index (χ4v) is 2.38. The van der Waals surface area contributed by atoms with Crippen LogP contribution in [0.15, 0.2) is 42.6 Å². The van der Waals surface area contributed by atoms with Crippen LogP contribution in [0.1, 0.15) is 37.0 Å². The molecule has 0 radical (unpaired) electrons. The van der Waals surface area contributed by atoms with Gasteiger partial charge in [0, 0.05) is 24.8 Å². The summed E-state index contributed by atoms with van der Waals surface area (Å²) in [7, 11) is 0. The highest BCUT2D eigenvalue weighted by atomic mass is 19.1. The third kappa shape index (κ3) is 3.91. The smallest absolute Gasteiger partial charge is 0.255 e. The second kappa shape index (κ2) is 7.69. The Morgan fingerprint density at radius 2 is 1.86 bits per heavy atom. The van der Waals surface area contributed by atoms with Crippen LogP contribution in [-0.4, -0.2) is 28.9 Å². The van der Waals surface area contributed by atoms with E-state index < -0.39 is 0 Å². The molecule has 1 aromatic carbocycles. The molecule has 0 aliphatic heterocycles. The summed E-state index contributed by atoms with van der Waals surface area (Å²) in [6, 6.07) is 9.80. The van der Waals surface area contributed by atoms with Crippen LogP contribution in [0.2, 0.25) is 0 Å². The Morgan fingerprint density at radius 1 is 1.14 bits per heavy atom. The van der Waals surface area contributed by atoms with E-state index in [4.69, 9.17) is 0 Å². The summed E-state index contributed by atoms with van der Waals surface area (Å²) < 4.78 is 13.2. The molecule has 0 N–H and O–H groups in total. The van der Waals surface area contributed by atoms with Crippen LogP contribution in [0.4, 0.5) is 4.39 Å². The van der Waals surface area contributed by atoms with Gasteiger partial charge in [0.2, 0.25) is 0 Å². The Labute approximate surface area is 130 Å². The lowest BCUT2D eigenvalue weighted by Gasteiger charge is -2.21. The van der Waals surface area contributed by atoms with Gasteiger partial charge in [-0.2, -0.15) is 0 Å². The molecule has 0 aliphatic rings. The Kier molecular flexibility index (Phi) is 5.64. The molecule has 0 fully saturated rings. The summed E-state index contributed by atoms with van der Waals surface area (Å²) in [5.41, 5.74) is 1.94. The molecule has 22 heavy (non-hydrogen) atoms. The molecule has 2 aromatic rings. The van der Waals surface area contributed by atoms with Gasteiger partial charge in [-0.15, -0.1) is 0 Å². The molecule has 0 bridgehead atoms. The molecule has 0 aliphatic carbocycles. The Hall–Kier alpha value is -2.23. The summed E-state index contributed by atoms with van der Waals surface area (Å²) in [6.07, 6.45) is 3.43. The number of amides is 1.